The van der Waals surface area contributed by atoms with Gasteiger partial charge in [0.05, 0.1) is 12.0 Å². The first-order chi connectivity index (χ1) is 13.7. The summed E-state index contributed by atoms with van der Waals surface area (Å²) in [6.45, 7) is 6.24. The fourth-order valence-corrected chi connectivity index (χ4v) is 4.96. The first-order valence-electron chi connectivity index (χ1n) is 9.56. The van der Waals surface area contributed by atoms with Gasteiger partial charge in [-0.1, -0.05) is 36.4 Å². The molecule has 3 heterocycles. The van der Waals surface area contributed by atoms with E-state index in [0.717, 1.165) is 18.7 Å². The van der Waals surface area contributed by atoms with Crippen molar-refractivity contribution in [3.8, 4) is 0 Å². The van der Waals surface area contributed by atoms with Crippen molar-refractivity contribution < 1.29 is 14.3 Å². The van der Waals surface area contributed by atoms with Crippen LogP contribution in [0.1, 0.15) is 17.0 Å². The van der Waals surface area contributed by atoms with Crippen molar-refractivity contribution in [2.45, 2.75) is 18.4 Å². The van der Waals surface area contributed by atoms with E-state index >= 15 is 0 Å². The smallest absolute Gasteiger partial charge is 0.416 e. The van der Waals surface area contributed by atoms with E-state index in [0.29, 0.717) is 13.0 Å². The van der Waals surface area contributed by atoms with Gasteiger partial charge in [-0.2, -0.15) is 11.3 Å². The monoisotopic (exact) mass is 396 g/mol. The van der Waals surface area contributed by atoms with Crippen LogP contribution in [0.4, 0.5) is 4.79 Å². The van der Waals surface area contributed by atoms with Gasteiger partial charge in [-0.3, -0.25) is 9.69 Å². The van der Waals surface area contributed by atoms with Crippen LogP contribution < -0.4 is 0 Å². The summed E-state index contributed by atoms with van der Waals surface area (Å²) >= 11 is 1.63. The van der Waals surface area contributed by atoms with E-state index in [-0.39, 0.29) is 30.4 Å². The number of benzene rings is 1. The number of hydrogen-bond acceptors (Lipinski definition) is 5. The summed E-state index contributed by atoms with van der Waals surface area (Å²) in [7, 11) is 0. The largest absolute Gasteiger partial charge is 0.447 e. The Kier molecular flexibility index (Phi) is 5.59. The summed E-state index contributed by atoms with van der Waals surface area (Å²) in [4.78, 5) is 29.5. The van der Waals surface area contributed by atoms with Crippen LogP contribution in [-0.4, -0.2) is 54.1 Å². The van der Waals surface area contributed by atoms with Crippen molar-refractivity contribution in [2.75, 3.05) is 26.2 Å². The summed E-state index contributed by atoms with van der Waals surface area (Å²) in [6, 6.07) is 11.8. The minimum absolute atomic E-state index is 0.0875. The van der Waals surface area contributed by atoms with Crippen LogP contribution in [0, 0.1) is 5.92 Å². The van der Waals surface area contributed by atoms with Gasteiger partial charge in [-0.25, -0.2) is 9.69 Å². The number of cyclic esters (lactones) is 1. The Morgan fingerprint density at radius 3 is 2.79 bits per heavy atom. The highest BCUT2D eigenvalue weighted by Crippen LogP contribution is 2.36. The molecule has 2 fully saturated rings. The number of amides is 2. The highest BCUT2D eigenvalue weighted by Gasteiger charge is 2.46. The molecule has 1 aromatic carbocycles. The first-order valence-corrected chi connectivity index (χ1v) is 10.5. The maximum absolute atomic E-state index is 13.5. The molecule has 3 atom stereocenters. The van der Waals surface area contributed by atoms with Gasteiger partial charge < -0.3 is 4.74 Å². The number of imide groups is 1. The molecule has 5 nitrogen and oxygen atoms in total. The van der Waals surface area contributed by atoms with E-state index < -0.39 is 6.09 Å². The molecule has 28 heavy (non-hydrogen) atoms. The van der Waals surface area contributed by atoms with E-state index in [1.807, 2.05) is 41.8 Å². The molecule has 0 spiro atoms. The maximum Gasteiger partial charge on any atom is 0.416 e. The highest BCUT2D eigenvalue weighted by atomic mass is 32.1. The average Bonchev–Trinajstić information content (AvgIpc) is 3.43. The number of nitrogens with zero attached hydrogens (tertiary/aromatic N) is 2. The Bertz CT molecular complexity index is 837. The third-order valence-electron chi connectivity index (χ3n) is 5.58. The molecule has 146 valence electrons. The lowest BCUT2D eigenvalue weighted by Crippen LogP contribution is -2.45. The summed E-state index contributed by atoms with van der Waals surface area (Å²) in [5.74, 6) is -0.283. The summed E-state index contributed by atoms with van der Waals surface area (Å²) in [6.07, 6.45) is 1.96. The quantitative estimate of drug-likeness (QED) is 0.701. The lowest BCUT2D eigenvalue weighted by atomic mass is 9.89. The third kappa shape index (κ3) is 3.75. The number of likely N-dealkylation sites (tertiary alicyclic amines) is 1. The molecule has 0 saturated carbocycles. The maximum atomic E-state index is 13.5. The zero-order valence-corrected chi connectivity index (χ0v) is 16.5. The van der Waals surface area contributed by atoms with E-state index in [9.17, 15) is 9.59 Å². The Labute approximate surface area is 169 Å². The molecule has 0 N–H and O–H groups in total. The van der Waals surface area contributed by atoms with Gasteiger partial charge in [0, 0.05) is 25.6 Å². The number of hydrogen-bond donors (Lipinski definition) is 0. The second-order valence-electron chi connectivity index (χ2n) is 7.41. The van der Waals surface area contributed by atoms with E-state index in [2.05, 4.69) is 22.9 Å². The third-order valence-corrected chi connectivity index (χ3v) is 6.29. The predicted octanol–water partition coefficient (Wildman–Crippen LogP) is 3.54. The summed E-state index contributed by atoms with van der Waals surface area (Å²) in [5.41, 5.74) is 2.26. The van der Waals surface area contributed by atoms with Crippen molar-refractivity contribution in [1.29, 1.82) is 0 Å². The van der Waals surface area contributed by atoms with Crippen LogP contribution in [0.5, 0.6) is 0 Å². The van der Waals surface area contributed by atoms with Crippen molar-refractivity contribution in [1.82, 2.24) is 9.80 Å². The van der Waals surface area contributed by atoms with Gasteiger partial charge in [0.1, 0.15) is 6.61 Å². The number of ether oxygens (including phenoxy) is 1. The number of thiophene rings is 1. The van der Waals surface area contributed by atoms with Crippen LogP contribution in [-0.2, 0) is 16.0 Å². The number of carbonyl (C=O) groups is 2. The zero-order valence-electron chi connectivity index (χ0n) is 15.7. The molecule has 0 radical (unpaired) electrons. The van der Waals surface area contributed by atoms with Crippen LogP contribution in [0.25, 0.3) is 0 Å². The second kappa shape index (κ2) is 8.29. The van der Waals surface area contributed by atoms with Crippen molar-refractivity contribution in [3.63, 3.8) is 0 Å². The van der Waals surface area contributed by atoms with E-state index in [4.69, 9.17) is 4.74 Å². The van der Waals surface area contributed by atoms with E-state index in [1.165, 1.54) is 10.5 Å². The van der Waals surface area contributed by atoms with Crippen LogP contribution in [0.2, 0.25) is 0 Å². The molecular weight excluding hydrogens is 372 g/mol. The number of carbonyl (C=O) groups excluding carboxylic acids is 2. The zero-order chi connectivity index (χ0) is 19.5. The molecule has 1 aromatic heterocycles. The van der Waals surface area contributed by atoms with Gasteiger partial charge in [0.25, 0.3) is 0 Å². The molecule has 2 saturated heterocycles. The van der Waals surface area contributed by atoms with Crippen LogP contribution >= 0.6 is 11.3 Å². The van der Waals surface area contributed by atoms with Gasteiger partial charge in [-0.15, -0.1) is 6.58 Å². The normalized spacial score (nSPS) is 25.1. The Morgan fingerprint density at radius 1 is 1.25 bits per heavy atom. The predicted molar refractivity (Wildman–Crippen MR) is 109 cm³/mol. The first kappa shape index (κ1) is 18.9. The van der Waals surface area contributed by atoms with E-state index in [1.54, 1.807) is 11.3 Å². The summed E-state index contributed by atoms with van der Waals surface area (Å²) in [5, 5.41) is 4.14. The Morgan fingerprint density at radius 2 is 2.07 bits per heavy atom. The van der Waals surface area contributed by atoms with Crippen LogP contribution in [0.15, 0.2) is 59.8 Å². The molecule has 2 aliphatic rings. The molecule has 6 heteroatoms. The molecule has 2 aromatic rings. The Balaban J connectivity index is 1.56. The topological polar surface area (TPSA) is 49.9 Å². The van der Waals surface area contributed by atoms with Crippen molar-refractivity contribution in [3.05, 3.63) is 70.9 Å². The lowest BCUT2D eigenvalue weighted by Gasteiger charge is -2.25. The molecule has 2 amide bonds. The van der Waals surface area contributed by atoms with Gasteiger partial charge >= 0.3 is 6.09 Å². The van der Waals surface area contributed by atoms with Crippen molar-refractivity contribution in [2.24, 2.45) is 5.92 Å². The Hall–Kier alpha value is -2.44. The SMILES string of the molecule is C=CCN1CC(C(=O)N2C(=O)OC[C@@H]2Cc2ccccc2)C(c2ccsc2)C1. The highest BCUT2D eigenvalue weighted by molar-refractivity contribution is 7.08. The minimum Gasteiger partial charge on any atom is -0.447 e. The lowest BCUT2D eigenvalue weighted by molar-refractivity contribution is -0.133. The second-order valence-corrected chi connectivity index (χ2v) is 8.19. The summed E-state index contributed by atoms with van der Waals surface area (Å²) < 4.78 is 5.27. The standard InChI is InChI=1S/C22H24N2O3S/c1-2-9-23-12-19(17-8-10-28-15-17)20(13-23)21(25)24-18(14-27-22(24)26)11-16-6-4-3-5-7-16/h2-8,10,15,18-20H,1,9,11-14H2/t18-,19?,20?/m0/s1. The molecule has 0 bridgehead atoms. The average molecular weight is 397 g/mol. The molecule has 0 aliphatic carbocycles. The van der Waals surface area contributed by atoms with Gasteiger partial charge in [0.15, 0.2) is 0 Å². The molecule has 4 rings (SSSR count). The van der Waals surface area contributed by atoms with Crippen LogP contribution in [0.3, 0.4) is 0 Å². The molecular formula is C22H24N2O3S. The van der Waals surface area contributed by atoms with Gasteiger partial charge in [-0.05, 0) is 34.4 Å². The minimum atomic E-state index is -0.517. The fourth-order valence-electron chi connectivity index (χ4n) is 4.24. The molecule has 2 aliphatic heterocycles. The molecule has 2 unspecified atom stereocenters. The number of rotatable bonds is 6. The fraction of sp³-hybridized carbons (Fsp3) is 0.364. The van der Waals surface area contributed by atoms with Gasteiger partial charge in [0.2, 0.25) is 5.91 Å². The van der Waals surface area contributed by atoms with Crippen molar-refractivity contribution >= 4 is 23.3 Å².